The van der Waals surface area contributed by atoms with E-state index in [0.717, 1.165) is 17.1 Å². The lowest BCUT2D eigenvalue weighted by atomic mass is 10.2. The van der Waals surface area contributed by atoms with Crippen LogP contribution in [0.25, 0.3) is 0 Å². The van der Waals surface area contributed by atoms with Crippen molar-refractivity contribution >= 4 is 29.3 Å². The first-order valence-corrected chi connectivity index (χ1v) is 11.2. The van der Waals surface area contributed by atoms with E-state index < -0.39 is 0 Å². The third-order valence-corrected chi connectivity index (χ3v) is 5.79. The number of benzene rings is 2. The monoisotopic (exact) mass is 433 g/mol. The number of carbonyl (C=O) groups is 2. The highest BCUT2D eigenvalue weighted by molar-refractivity contribution is 7.99. The molecule has 1 fully saturated rings. The van der Waals surface area contributed by atoms with E-state index in [2.05, 4.69) is 10.3 Å². The van der Waals surface area contributed by atoms with Gasteiger partial charge >= 0.3 is 0 Å². The molecule has 1 atom stereocenters. The summed E-state index contributed by atoms with van der Waals surface area (Å²) in [6, 6.07) is 22.5. The number of thioether (sulfide) groups is 1. The van der Waals surface area contributed by atoms with E-state index in [0.29, 0.717) is 30.2 Å². The number of anilines is 1. The maximum atomic E-state index is 12.5. The highest BCUT2D eigenvalue weighted by Gasteiger charge is 2.31. The first kappa shape index (κ1) is 20.9. The van der Waals surface area contributed by atoms with Crippen molar-refractivity contribution in [2.45, 2.75) is 18.2 Å². The standard InChI is InChI=1S/C24H23N3O3S/c28-23(17-31-16-18-6-4-5-13-25-18)26-19-14-24(29)27(15-19)20-9-11-22(12-10-20)30-21-7-2-1-3-8-21/h1-13,19H,14-17H2,(H,26,28). The summed E-state index contributed by atoms with van der Waals surface area (Å²) >= 11 is 1.51. The molecule has 0 spiro atoms. The molecule has 158 valence electrons. The van der Waals surface area contributed by atoms with Crippen molar-refractivity contribution in [2.24, 2.45) is 0 Å². The zero-order valence-electron chi connectivity index (χ0n) is 16.9. The molecule has 31 heavy (non-hydrogen) atoms. The van der Waals surface area contributed by atoms with Crippen molar-refractivity contribution in [3.63, 3.8) is 0 Å². The van der Waals surface area contributed by atoms with Gasteiger partial charge in [-0.15, -0.1) is 11.8 Å². The number of pyridine rings is 1. The van der Waals surface area contributed by atoms with Gasteiger partial charge in [-0.05, 0) is 48.5 Å². The van der Waals surface area contributed by atoms with Crippen LogP contribution in [0.2, 0.25) is 0 Å². The predicted octanol–water partition coefficient (Wildman–Crippen LogP) is 4.03. The molecule has 6 nitrogen and oxygen atoms in total. The van der Waals surface area contributed by atoms with Gasteiger partial charge < -0.3 is 15.0 Å². The van der Waals surface area contributed by atoms with E-state index in [-0.39, 0.29) is 17.9 Å². The molecule has 2 amide bonds. The molecule has 1 N–H and O–H groups in total. The molecule has 3 aromatic rings. The van der Waals surface area contributed by atoms with Gasteiger partial charge in [-0.1, -0.05) is 24.3 Å². The lowest BCUT2D eigenvalue weighted by molar-refractivity contribution is -0.119. The van der Waals surface area contributed by atoms with Gasteiger partial charge in [0, 0.05) is 30.6 Å². The highest BCUT2D eigenvalue weighted by atomic mass is 32.2. The smallest absolute Gasteiger partial charge is 0.230 e. The summed E-state index contributed by atoms with van der Waals surface area (Å²) in [5.74, 6) is 2.43. The molecule has 0 radical (unpaired) electrons. The molecule has 1 saturated heterocycles. The Morgan fingerprint density at radius 3 is 2.52 bits per heavy atom. The average Bonchev–Trinajstić information content (AvgIpc) is 3.15. The molecule has 1 aliphatic heterocycles. The number of para-hydroxylation sites is 1. The van der Waals surface area contributed by atoms with Gasteiger partial charge in [-0.25, -0.2) is 0 Å². The molecule has 0 bridgehead atoms. The Bertz CT molecular complexity index is 1010. The number of rotatable bonds is 8. The van der Waals surface area contributed by atoms with Crippen LogP contribution >= 0.6 is 11.8 Å². The second-order valence-electron chi connectivity index (χ2n) is 7.20. The van der Waals surface area contributed by atoms with Gasteiger partial charge in [-0.3, -0.25) is 14.6 Å². The van der Waals surface area contributed by atoms with Crippen LogP contribution in [-0.4, -0.2) is 35.1 Å². The fourth-order valence-corrected chi connectivity index (χ4v) is 4.12. The number of nitrogens with zero attached hydrogens (tertiary/aromatic N) is 2. The molecule has 2 heterocycles. The quantitative estimate of drug-likeness (QED) is 0.581. The third kappa shape index (κ3) is 5.86. The minimum absolute atomic E-state index is 0.00293. The minimum atomic E-state index is -0.185. The van der Waals surface area contributed by atoms with Crippen LogP contribution < -0.4 is 15.0 Å². The highest BCUT2D eigenvalue weighted by Crippen LogP contribution is 2.27. The average molecular weight is 434 g/mol. The lowest BCUT2D eigenvalue weighted by Crippen LogP contribution is -2.38. The fraction of sp³-hybridized carbons (Fsp3) is 0.208. The molecule has 0 saturated carbocycles. The lowest BCUT2D eigenvalue weighted by Gasteiger charge is -2.18. The van der Waals surface area contributed by atoms with E-state index in [1.807, 2.05) is 72.8 Å². The fourth-order valence-electron chi connectivity index (χ4n) is 3.37. The van der Waals surface area contributed by atoms with E-state index in [4.69, 9.17) is 4.74 Å². The van der Waals surface area contributed by atoms with Gasteiger partial charge in [0.2, 0.25) is 11.8 Å². The van der Waals surface area contributed by atoms with Crippen LogP contribution in [0.1, 0.15) is 12.1 Å². The van der Waals surface area contributed by atoms with Gasteiger partial charge in [0.15, 0.2) is 0 Å². The Morgan fingerprint density at radius 2 is 1.77 bits per heavy atom. The number of ether oxygens (including phenoxy) is 1. The Morgan fingerprint density at radius 1 is 1.03 bits per heavy atom. The Labute approximate surface area is 185 Å². The molecule has 1 aromatic heterocycles. The Kier molecular flexibility index (Phi) is 6.84. The summed E-state index contributed by atoms with van der Waals surface area (Å²) in [6.45, 7) is 0.467. The Balaban J connectivity index is 1.26. The van der Waals surface area contributed by atoms with Crippen LogP contribution in [0.15, 0.2) is 79.0 Å². The van der Waals surface area contributed by atoms with Crippen LogP contribution in [0.3, 0.4) is 0 Å². The number of aromatic nitrogens is 1. The van der Waals surface area contributed by atoms with Crippen molar-refractivity contribution in [2.75, 3.05) is 17.2 Å². The summed E-state index contributed by atoms with van der Waals surface area (Å²) in [5.41, 5.74) is 1.74. The van der Waals surface area contributed by atoms with E-state index >= 15 is 0 Å². The largest absolute Gasteiger partial charge is 0.457 e. The number of hydrogen-bond acceptors (Lipinski definition) is 5. The van der Waals surface area contributed by atoms with Gasteiger partial charge in [-0.2, -0.15) is 0 Å². The molecular weight excluding hydrogens is 410 g/mol. The molecule has 1 unspecified atom stereocenters. The summed E-state index contributed by atoms with van der Waals surface area (Å²) in [4.78, 5) is 30.7. The molecule has 2 aromatic carbocycles. The van der Waals surface area contributed by atoms with Crippen molar-refractivity contribution in [1.82, 2.24) is 10.3 Å². The van der Waals surface area contributed by atoms with E-state index in [1.54, 1.807) is 11.1 Å². The van der Waals surface area contributed by atoms with Crippen LogP contribution in [-0.2, 0) is 15.3 Å². The van der Waals surface area contributed by atoms with Crippen molar-refractivity contribution in [3.05, 3.63) is 84.7 Å². The topological polar surface area (TPSA) is 71.5 Å². The minimum Gasteiger partial charge on any atom is -0.457 e. The summed E-state index contributed by atoms with van der Waals surface area (Å²) in [5, 5.41) is 2.97. The van der Waals surface area contributed by atoms with Gasteiger partial charge in [0.1, 0.15) is 11.5 Å². The number of amides is 2. The maximum Gasteiger partial charge on any atom is 0.230 e. The van der Waals surface area contributed by atoms with Crippen LogP contribution in [0.4, 0.5) is 5.69 Å². The van der Waals surface area contributed by atoms with Gasteiger partial charge in [0.25, 0.3) is 0 Å². The van der Waals surface area contributed by atoms with E-state index in [1.165, 1.54) is 11.8 Å². The molecule has 4 rings (SSSR count). The zero-order valence-corrected chi connectivity index (χ0v) is 17.8. The second-order valence-corrected chi connectivity index (χ2v) is 8.18. The van der Waals surface area contributed by atoms with Crippen LogP contribution in [0, 0.1) is 0 Å². The Hall–Kier alpha value is -3.32. The first-order chi connectivity index (χ1) is 15.2. The van der Waals surface area contributed by atoms with Crippen molar-refractivity contribution in [1.29, 1.82) is 0 Å². The second kappa shape index (κ2) is 10.1. The van der Waals surface area contributed by atoms with Crippen molar-refractivity contribution < 1.29 is 14.3 Å². The molecular formula is C24H23N3O3S. The van der Waals surface area contributed by atoms with E-state index in [9.17, 15) is 9.59 Å². The summed E-state index contributed by atoms with van der Waals surface area (Å²) in [7, 11) is 0. The summed E-state index contributed by atoms with van der Waals surface area (Å²) in [6.07, 6.45) is 2.05. The SMILES string of the molecule is O=C(CSCc1ccccn1)NC1CC(=O)N(c2ccc(Oc3ccccc3)cc2)C1. The number of nitrogens with one attached hydrogen (secondary N) is 1. The number of carbonyl (C=O) groups excluding carboxylic acids is 2. The number of hydrogen-bond donors (Lipinski definition) is 1. The van der Waals surface area contributed by atoms with Gasteiger partial charge in [0.05, 0.1) is 17.5 Å². The summed E-state index contributed by atoms with van der Waals surface area (Å²) < 4.78 is 5.80. The third-order valence-electron chi connectivity index (χ3n) is 4.83. The zero-order chi connectivity index (χ0) is 21.5. The molecule has 0 aliphatic carbocycles. The normalized spacial score (nSPS) is 15.7. The maximum absolute atomic E-state index is 12.5. The van der Waals surface area contributed by atoms with Crippen LogP contribution in [0.5, 0.6) is 11.5 Å². The first-order valence-electron chi connectivity index (χ1n) is 10.1. The molecule has 1 aliphatic rings. The van der Waals surface area contributed by atoms with Crippen molar-refractivity contribution in [3.8, 4) is 11.5 Å². The molecule has 7 heteroatoms. The predicted molar refractivity (Wildman–Crippen MR) is 122 cm³/mol.